The number of anilines is 1. The number of nitrogens with one attached hydrogen (secondary N) is 1. The first-order valence-electron chi connectivity index (χ1n) is 10.4. The van der Waals surface area contributed by atoms with E-state index in [0.717, 1.165) is 11.1 Å². The van der Waals surface area contributed by atoms with Gasteiger partial charge in [0, 0.05) is 11.1 Å². The van der Waals surface area contributed by atoms with E-state index in [1.165, 1.54) is 4.90 Å². The van der Waals surface area contributed by atoms with E-state index < -0.39 is 23.3 Å². The average Bonchev–Trinajstić information content (AvgIpc) is 3.14. The van der Waals surface area contributed by atoms with Crippen molar-refractivity contribution in [3.8, 4) is 11.3 Å². The first-order chi connectivity index (χ1) is 15.0. The van der Waals surface area contributed by atoms with Gasteiger partial charge in [-0.25, -0.2) is 9.78 Å². The number of hydrogen-bond acceptors (Lipinski definition) is 5. The summed E-state index contributed by atoms with van der Waals surface area (Å²) in [6, 6.07) is 12.7. The predicted octanol–water partition coefficient (Wildman–Crippen LogP) is 5.01. The smallest absolute Gasteiger partial charge is 0.415 e. The second-order valence-electron chi connectivity index (χ2n) is 8.97. The summed E-state index contributed by atoms with van der Waals surface area (Å²) in [6.45, 7) is 9.36. The summed E-state index contributed by atoms with van der Waals surface area (Å²) in [5.74, 6) is -0.812. The molecule has 1 aromatic heterocycles. The quantitative estimate of drug-likeness (QED) is 0.588. The van der Waals surface area contributed by atoms with E-state index in [9.17, 15) is 14.4 Å². The van der Waals surface area contributed by atoms with Crippen molar-refractivity contribution >= 4 is 23.3 Å². The lowest BCUT2D eigenvalue weighted by Crippen LogP contribution is -2.37. The number of amides is 1. The maximum absolute atomic E-state index is 13.1. The zero-order valence-corrected chi connectivity index (χ0v) is 18.8. The standard InChI is InChI=1S/C25H25N3O4/c1-14-10-11-18(15(2)12-14)28(24(31)32-25(3,4)5)13-19-26-20-16-8-6-7-9-17(16)22(29)23(30)21(20)27-19/h6-12H,13H2,1-5H3,(H,26,27). The molecule has 7 heteroatoms. The minimum Gasteiger partial charge on any atom is -0.443 e. The number of hydrogen-bond donors (Lipinski definition) is 1. The van der Waals surface area contributed by atoms with Crippen LogP contribution in [0.25, 0.3) is 11.3 Å². The number of benzene rings is 2. The van der Waals surface area contributed by atoms with Crippen LogP contribution in [0.5, 0.6) is 0 Å². The molecule has 3 aromatic rings. The monoisotopic (exact) mass is 431 g/mol. The summed E-state index contributed by atoms with van der Waals surface area (Å²) in [6.07, 6.45) is -0.526. The molecule has 0 fully saturated rings. The van der Waals surface area contributed by atoms with E-state index in [1.54, 1.807) is 45.0 Å². The van der Waals surface area contributed by atoms with Gasteiger partial charge in [0.15, 0.2) is 0 Å². The fraction of sp³-hybridized carbons (Fsp3) is 0.280. The third kappa shape index (κ3) is 3.93. The van der Waals surface area contributed by atoms with Gasteiger partial charge in [0.25, 0.3) is 5.78 Å². The first kappa shape index (κ1) is 21.5. The van der Waals surface area contributed by atoms with Gasteiger partial charge in [-0.1, -0.05) is 42.0 Å². The Labute approximate surface area is 186 Å². The lowest BCUT2D eigenvalue weighted by Gasteiger charge is -2.28. The lowest BCUT2D eigenvalue weighted by atomic mass is 9.90. The Kier molecular flexibility index (Phi) is 5.20. The Hall–Kier alpha value is -3.74. The number of nitrogens with zero attached hydrogens (tertiary/aromatic N) is 2. The van der Waals surface area contributed by atoms with Gasteiger partial charge in [-0.2, -0.15) is 0 Å². The summed E-state index contributed by atoms with van der Waals surface area (Å²) in [5, 5.41) is 0. The Bertz CT molecular complexity index is 1250. The number of fused-ring (bicyclic) bond motifs is 3. The molecule has 7 nitrogen and oxygen atoms in total. The molecular formula is C25H25N3O4. The topological polar surface area (TPSA) is 92.4 Å². The second kappa shape index (κ2) is 7.75. The van der Waals surface area contributed by atoms with Gasteiger partial charge >= 0.3 is 6.09 Å². The van der Waals surface area contributed by atoms with Crippen molar-refractivity contribution in [2.45, 2.75) is 46.8 Å². The molecule has 0 spiro atoms. The molecule has 1 N–H and O–H groups in total. The molecule has 1 heterocycles. The fourth-order valence-electron chi connectivity index (χ4n) is 3.80. The number of carbonyl (C=O) groups is 3. The zero-order valence-electron chi connectivity index (χ0n) is 18.8. The molecule has 0 radical (unpaired) electrons. The Balaban J connectivity index is 1.76. The molecule has 0 atom stereocenters. The van der Waals surface area contributed by atoms with Crippen molar-refractivity contribution in [2.24, 2.45) is 0 Å². The van der Waals surface area contributed by atoms with E-state index >= 15 is 0 Å². The van der Waals surface area contributed by atoms with Crippen LogP contribution in [-0.4, -0.2) is 33.2 Å². The second-order valence-corrected chi connectivity index (χ2v) is 8.97. The third-order valence-corrected chi connectivity index (χ3v) is 5.18. The molecule has 2 aromatic carbocycles. The van der Waals surface area contributed by atoms with Gasteiger partial charge in [0.2, 0.25) is 5.78 Å². The highest BCUT2D eigenvalue weighted by atomic mass is 16.6. The van der Waals surface area contributed by atoms with E-state index in [1.807, 2.05) is 32.0 Å². The van der Waals surface area contributed by atoms with E-state index in [2.05, 4.69) is 9.97 Å². The summed E-state index contributed by atoms with van der Waals surface area (Å²) in [5.41, 5.74) is 3.48. The SMILES string of the molecule is Cc1ccc(N(Cc2nc3c([nH]2)C(=O)C(=O)c2ccccc2-3)C(=O)OC(C)(C)C)c(C)c1. The van der Waals surface area contributed by atoms with E-state index in [-0.39, 0.29) is 12.2 Å². The van der Waals surface area contributed by atoms with Crippen molar-refractivity contribution in [2.75, 3.05) is 4.90 Å². The number of ether oxygens (including phenoxy) is 1. The molecule has 0 saturated carbocycles. The lowest BCUT2D eigenvalue weighted by molar-refractivity contribution is 0.0576. The first-order valence-corrected chi connectivity index (χ1v) is 10.4. The van der Waals surface area contributed by atoms with E-state index in [4.69, 9.17) is 4.74 Å². The number of aromatic nitrogens is 2. The minimum absolute atomic E-state index is 0.0510. The fourth-order valence-corrected chi connectivity index (χ4v) is 3.80. The molecular weight excluding hydrogens is 406 g/mol. The Morgan fingerprint density at radius 1 is 1.03 bits per heavy atom. The Morgan fingerprint density at radius 3 is 2.38 bits per heavy atom. The number of Topliss-reactive ketones (excluding diaryl/α,β-unsaturated/α-hetero) is 2. The molecule has 0 saturated heterocycles. The van der Waals surface area contributed by atoms with Crippen molar-refractivity contribution in [1.29, 1.82) is 0 Å². The average molecular weight is 431 g/mol. The molecule has 32 heavy (non-hydrogen) atoms. The molecule has 0 aliphatic heterocycles. The number of imidazole rings is 1. The van der Waals surface area contributed by atoms with Crippen LogP contribution in [0.1, 0.15) is 58.6 Å². The molecule has 1 aliphatic rings. The van der Waals surface area contributed by atoms with Gasteiger partial charge in [-0.05, 0) is 46.2 Å². The Morgan fingerprint density at radius 2 is 1.72 bits per heavy atom. The maximum atomic E-state index is 13.1. The van der Waals surface area contributed by atoms with Crippen molar-refractivity contribution in [3.63, 3.8) is 0 Å². The van der Waals surface area contributed by atoms with Crippen molar-refractivity contribution in [1.82, 2.24) is 9.97 Å². The highest BCUT2D eigenvalue weighted by Gasteiger charge is 2.34. The third-order valence-electron chi connectivity index (χ3n) is 5.18. The van der Waals surface area contributed by atoms with E-state index in [0.29, 0.717) is 28.3 Å². The number of aryl methyl sites for hydroxylation is 2. The highest BCUT2D eigenvalue weighted by Crippen LogP contribution is 2.32. The molecule has 1 amide bonds. The van der Waals surface area contributed by atoms with Crippen LogP contribution >= 0.6 is 0 Å². The number of ketones is 2. The molecule has 0 bridgehead atoms. The number of aromatic amines is 1. The van der Waals surface area contributed by atoms with Crippen LogP contribution in [0.2, 0.25) is 0 Å². The van der Waals surface area contributed by atoms with Gasteiger partial charge in [-0.3, -0.25) is 14.5 Å². The highest BCUT2D eigenvalue weighted by molar-refractivity contribution is 6.52. The number of carbonyl (C=O) groups excluding carboxylic acids is 3. The number of H-pyrrole nitrogens is 1. The van der Waals surface area contributed by atoms with Crippen LogP contribution in [-0.2, 0) is 11.3 Å². The molecule has 1 aliphatic carbocycles. The maximum Gasteiger partial charge on any atom is 0.415 e. The summed E-state index contributed by atoms with van der Waals surface area (Å²) < 4.78 is 5.63. The van der Waals surface area contributed by atoms with Crippen molar-refractivity contribution in [3.05, 3.63) is 70.7 Å². The molecule has 4 rings (SSSR count). The van der Waals surface area contributed by atoms with Crippen LogP contribution in [0.3, 0.4) is 0 Å². The summed E-state index contributed by atoms with van der Waals surface area (Å²) >= 11 is 0. The zero-order chi connectivity index (χ0) is 23.2. The van der Waals surface area contributed by atoms with Gasteiger partial charge < -0.3 is 9.72 Å². The van der Waals surface area contributed by atoms with Crippen molar-refractivity contribution < 1.29 is 19.1 Å². The predicted molar refractivity (Wildman–Crippen MR) is 121 cm³/mol. The van der Waals surface area contributed by atoms with Gasteiger partial charge in [-0.15, -0.1) is 0 Å². The summed E-state index contributed by atoms with van der Waals surface area (Å²) in [4.78, 5) is 47.3. The normalized spacial score (nSPS) is 12.9. The molecule has 164 valence electrons. The summed E-state index contributed by atoms with van der Waals surface area (Å²) in [7, 11) is 0. The van der Waals surface area contributed by atoms with Crippen LogP contribution in [0.15, 0.2) is 42.5 Å². The van der Waals surface area contributed by atoms with Gasteiger partial charge in [0.1, 0.15) is 22.8 Å². The molecule has 0 unspecified atom stereocenters. The van der Waals surface area contributed by atoms with Crippen LogP contribution in [0.4, 0.5) is 10.5 Å². The largest absolute Gasteiger partial charge is 0.443 e. The van der Waals surface area contributed by atoms with Crippen LogP contribution < -0.4 is 4.90 Å². The number of rotatable bonds is 3. The minimum atomic E-state index is -0.683. The van der Waals surface area contributed by atoms with Gasteiger partial charge in [0.05, 0.1) is 12.2 Å². The van der Waals surface area contributed by atoms with Crippen LogP contribution in [0, 0.1) is 13.8 Å².